The van der Waals surface area contributed by atoms with Crippen LogP contribution in [0, 0.1) is 13.8 Å². The molecule has 4 aromatic carbocycles. The Balaban J connectivity index is 0.000000188. The number of amides is 2. The Bertz CT molecular complexity index is 3000. The summed E-state index contributed by atoms with van der Waals surface area (Å²) in [6.45, 7) is 7.80. The molecular weight excluding hydrogens is 914 g/mol. The van der Waals surface area contributed by atoms with Gasteiger partial charge in [0.1, 0.15) is 17.4 Å². The molecule has 8 aromatic rings. The molecule has 4 aromatic heterocycles. The highest BCUT2D eigenvalue weighted by atomic mass is 35.5. The third-order valence-corrected chi connectivity index (χ3v) is 11.2. The van der Waals surface area contributed by atoms with Gasteiger partial charge in [-0.1, -0.05) is 90.8 Å². The molecule has 0 fully saturated rings. The molecule has 0 aliphatic rings. The zero-order chi connectivity index (χ0) is 49.5. The van der Waals surface area contributed by atoms with E-state index < -0.39 is 11.9 Å². The lowest BCUT2D eigenvalue weighted by Crippen LogP contribution is -2.14. The van der Waals surface area contributed by atoms with E-state index in [-0.39, 0.29) is 23.5 Å². The first-order chi connectivity index (χ1) is 33.2. The second kappa shape index (κ2) is 24.3. The Morgan fingerprint density at radius 1 is 0.594 bits per heavy atom. The number of nitrogens with two attached hydrogens (primary N) is 1. The monoisotopic (exact) mass is 963 g/mol. The number of nitrogens with zero attached hydrogens (tertiary/aromatic N) is 6. The van der Waals surface area contributed by atoms with Gasteiger partial charge < -0.3 is 21.5 Å². The maximum Gasteiger partial charge on any atom is 0.310 e. The lowest BCUT2D eigenvalue weighted by atomic mass is 9.95. The van der Waals surface area contributed by atoms with Crippen molar-refractivity contribution in [1.29, 1.82) is 0 Å². The minimum Gasteiger partial charge on any atom is -0.481 e. The Kier molecular flexibility index (Phi) is 17.8. The summed E-state index contributed by atoms with van der Waals surface area (Å²) >= 11 is 12.1. The normalized spacial score (nSPS) is 11.5. The minimum atomic E-state index is -0.909. The zero-order valence-corrected chi connectivity index (χ0v) is 39.9. The van der Waals surface area contributed by atoms with E-state index in [0.717, 1.165) is 39.7 Å². The molecule has 14 nitrogen and oxygen atoms in total. The van der Waals surface area contributed by atoms with Crippen LogP contribution in [-0.2, 0) is 22.6 Å². The number of halogens is 2. The Labute approximate surface area is 410 Å². The summed E-state index contributed by atoms with van der Waals surface area (Å²) in [5.74, 6) is -1.38. The molecule has 8 rings (SSSR count). The number of benzene rings is 4. The predicted molar refractivity (Wildman–Crippen MR) is 270 cm³/mol. The van der Waals surface area contributed by atoms with Crippen LogP contribution in [0.5, 0.6) is 0 Å². The summed E-state index contributed by atoms with van der Waals surface area (Å²) in [7, 11) is 0. The fraction of sp³-hybridized carbons (Fsp3) is 0.170. The van der Waals surface area contributed by atoms with Crippen molar-refractivity contribution in [2.45, 2.75) is 58.9 Å². The maximum absolute atomic E-state index is 12.9. The standard InChI is InChI=1S/C27H25ClN4O2.C15H14N2O3.C11H12ClN3/c1-18-15-24(32(31-18)23-10-6-9-22(28)16-23)12-13-25(33)19(2)21-11-14-26(29-17-21)30-27(34)20-7-4-3-5-8-20;1-10(15(19)20)12-7-8-13(16-9-12)17-14(18)11-5-3-2-4-6-11;1-8-5-11(7-13)15(14-8)10-4-2-3-9(12)6-10/h3-11,14-17,19H,12-13H2,1-2H3,(H,29,30,34);2-10H,1H3,(H,19,20)(H,16,17,18);2-6H,7,13H2,1H3. The minimum absolute atomic E-state index is 0.111. The summed E-state index contributed by atoms with van der Waals surface area (Å²) in [6, 6.07) is 43.5. The highest BCUT2D eigenvalue weighted by Gasteiger charge is 2.19. The fourth-order valence-corrected chi connectivity index (χ4v) is 7.28. The van der Waals surface area contributed by atoms with Crippen molar-refractivity contribution in [2.24, 2.45) is 5.73 Å². The molecule has 2 unspecified atom stereocenters. The number of carbonyl (C=O) groups excluding carboxylic acids is 3. The fourth-order valence-electron chi connectivity index (χ4n) is 6.92. The molecule has 0 spiro atoms. The van der Waals surface area contributed by atoms with Gasteiger partial charge in [0.25, 0.3) is 11.8 Å². The first kappa shape index (κ1) is 50.6. The summed E-state index contributed by atoms with van der Waals surface area (Å²) in [5, 5.41) is 24.6. The largest absolute Gasteiger partial charge is 0.481 e. The van der Waals surface area contributed by atoms with Crippen LogP contribution < -0.4 is 16.4 Å². The van der Waals surface area contributed by atoms with Crippen molar-refractivity contribution in [3.8, 4) is 11.4 Å². The molecule has 4 heterocycles. The number of aliphatic carboxylic acids is 1. The number of carboxylic acid groups (broad SMARTS) is 1. The SMILES string of the molecule is CC(C(=O)O)c1ccc(NC(=O)c2ccccc2)nc1.Cc1cc(CCC(=O)C(C)c2ccc(NC(=O)c3ccccc3)nc2)n(-c2cccc(Cl)c2)n1.Cc1cc(CN)n(-c2cccc(Cl)c2)n1. The van der Waals surface area contributed by atoms with Gasteiger partial charge in [-0.3, -0.25) is 19.2 Å². The van der Waals surface area contributed by atoms with E-state index in [1.165, 1.54) is 6.20 Å². The molecule has 2 atom stereocenters. The van der Waals surface area contributed by atoms with Gasteiger partial charge in [-0.25, -0.2) is 19.3 Å². The van der Waals surface area contributed by atoms with E-state index in [4.69, 9.17) is 34.0 Å². The number of aromatic nitrogens is 6. The number of nitrogens with one attached hydrogen (secondary N) is 2. The van der Waals surface area contributed by atoms with Gasteiger partial charge in [-0.05, 0) is 123 Å². The zero-order valence-electron chi connectivity index (χ0n) is 38.4. The average molecular weight is 965 g/mol. The van der Waals surface area contributed by atoms with Gasteiger partial charge in [0.05, 0.1) is 34.4 Å². The molecule has 69 heavy (non-hydrogen) atoms. The van der Waals surface area contributed by atoms with Gasteiger partial charge in [-0.2, -0.15) is 10.2 Å². The lowest BCUT2D eigenvalue weighted by molar-refractivity contribution is -0.138. The molecule has 2 amide bonds. The van der Waals surface area contributed by atoms with Crippen LogP contribution in [0.3, 0.4) is 0 Å². The van der Waals surface area contributed by atoms with E-state index in [1.807, 2.05) is 121 Å². The number of aryl methyl sites for hydroxylation is 3. The van der Waals surface area contributed by atoms with Crippen LogP contribution >= 0.6 is 23.2 Å². The number of carbonyl (C=O) groups is 4. The number of anilines is 2. The number of pyridine rings is 2. The summed E-state index contributed by atoms with van der Waals surface area (Å²) in [6.07, 6.45) is 4.04. The molecule has 0 bridgehead atoms. The predicted octanol–water partition coefficient (Wildman–Crippen LogP) is 10.6. The maximum atomic E-state index is 12.9. The Morgan fingerprint density at radius 2 is 1.04 bits per heavy atom. The van der Waals surface area contributed by atoms with Crippen LogP contribution in [0.25, 0.3) is 11.4 Å². The Morgan fingerprint density at radius 3 is 1.46 bits per heavy atom. The van der Waals surface area contributed by atoms with Gasteiger partial charge in [0.2, 0.25) is 0 Å². The second-order valence-electron chi connectivity index (χ2n) is 15.9. The first-order valence-corrected chi connectivity index (χ1v) is 22.7. The van der Waals surface area contributed by atoms with Crippen LogP contribution in [-0.4, -0.2) is 58.2 Å². The summed E-state index contributed by atoms with van der Waals surface area (Å²) in [4.78, 5) is 56.3. The van der Waals surface area contributed by atoms with Crippen molar-refractivity contribution in [3.63, 3.8) is 0 Å². The van der Waals surface area contributed by atoms with E-state index in [0.29, 0.717) is 57.8 Å². The molecular formula is C53H51Cl2N9O5. The van der Waals surface area contributed by atoms with Crippen LogP contribution in [0.1, 0.15) is 86.7 Å². The van der Waals surface area contributed by atoms with Gasteiger partial charge in [0.15, 0.2) is 0 Å². The van der Waals surface area contributed by atoms with E-state index in [1.54, 1.807) is 67.7 Å². The van der Waals surface area contributed by atoms with Crippen LogP contribution in [0.2, 0.25) is 10.0 Å². The number of rotatable bonds is 14. The van der Waals surface area contributed by atoms with Gasteiger partial charge in [0, 0.05) is 58.1 Å². The van der Waals surface area contributed by atoms with Crippen molar-refractivity contribution < 1.29 is 24.3 Å². The molecule has 0 aliphatic carbocycles. The lowest BCUT2D eigenvalue weighted by Gasteiger charge is -2.12. The molecule has 352 valence electrons. The third kappa shape index (κ3) is 14.4. The number of Topliss-reactive ketones (excluding diaryl/α,β-unsaturated/α-hetero) is 1. The number of ketones is 1. The van der Waals surface area contributed by atoms with Crippen molar-refractivity contribution >= 4 is 58.4 Å². The summed E-state index contributed by atoms with van der Waals surface area (Å²) in [5.41, 5.74) is 13.7. The third-order valence-electron chi connectivity index (χ3n) is 10.7. The molecule has 16 heteroatoms. The topological polar surface area (TPSA) is 200 Å². The number of carboxylic acids is 1. The van der Waals surface area contributed by atoms with Crippen molar-refractivity contribution in [1.82, 2.24) is 29.5 Å². The second-order valence-corrected chi connectivity index (χ2v) is 16.8. The molecule has 0 saturated carbocycles. The molecule has 0 saturated heterocycles. The summed E-state index contributed by atoms with van der Waals surface area (Å²) < 4.78 is 3.66. The van der Waals surface area contributed by atoms with E-state index in [9.17, 15) is 19.2 Å². The van der Waals surface area contributed by atoms with E-state index in [2.05, 4.69) is 30.8 Å². The van der Waals surface area contributed by atoms with Crippen LogP contribution in [0.15, 0.2) is 158 Å². The van der Waals surface area contributed by atoms with E-state index >= 15 is 0 Å². The first-order valence-electron chi connectivity index (χ1n) is 21.9. The van der Waals surface area contributed by atoms with Crippen molar-refractivity contribution in [3.05, 3.63) is 213 Å². The van der Waals surface area contributed by atoms with Gasteiger partial charge >= 0.3 is 5.97 Å². The quantitative estimate of drug-likeness (QED) is 0.0813. The molecule has 5 N–H and O–H groups in total. The Hall–Kier alpha value is -7.78. The molecule has 0 radical (unpaired) electrons. The highest BCUT2D eigenvalue weighted by molar-refractivity contribution is 6.31. The number of hydrogen-bond acceptors (Lipinski definition) is 9. The number of hydrogen-bond donors (Lipinski definition) is 4. The smallest absolute Gasteiger partial charge is 0.310 e. The van der Waals surface area contributed by atoms with Crippen LogP contribution in [0.4, 0.5) is 11.6 Å². The highest BCUT2D eigenvalue weighted by Crippen LogP contribution is 2.23. The van der Waals surface area contributed by atoms with Crippen molar-refractivity contribution in [2.75, 3.05) is 10.6 Å². The molecule has 0 aliphatic heterocycles. The van der Waals surface area contributed by atoms with Gasteiger partial charge in [-0.15, -0.1) is 0 Å². The average Bonchev–Trinajstić information content (AvgIpc) is 3.95.